The van der Waals surface area contributed by atoms with Crippen molar-refractivity contribution >= 4 is 29.0 Å². The predicted octanol–water partition coefficient (Wildman–Crippen LogP) is 3.93. The van der Waals surface area contributed by atoms with Crippen molar-refractivity contribution in [1.29, 1.82) is 5.26 Å². The minimum Gasteiger partial charge on any atom is -0.268 e. The Labute approximate surface area is 142 Å². The van der Waals surface area contributed by atoms with Gasteiger partial charge in [-0.1, -0.05) is 24.3 Å². The second-order valence-corrected chi connectivity index (χ2v) is 6.12. The molecule has 1 fully saturated rings. The highest BCUT2D eigenvalue weighted by Crippen LogP contribution is 2.33. The highest BCUT2D eigenvalue weighted by atomic mass is 32.2. The van der Waals surface area contributed by atoms with Crippen LogP contribution in [0.15, 0.2) is 53.4 Å². The second-order valence-electron chi connectivity index (χ2n) is 5.13. The average Bonchev–Trinajstić information content (AvgIpc) is 2.85. The summed E-state index contributed by atoms with van der Waals surface area (Å²) in [4.78, 5) is 25.9. The summed E-state index contributed by atoms with van der Waals surface area (Å²) < 4.78 is 12.9. The van der Waals surface area contributed by atoms with Crippen LogP contribution in [0.2, 0.25) is 0 Å². The minimum atomic E-state index is -0.376. The van der Waals surface area contributed by atoms with Gasteiger partial charge in [-0.2, -0.15) is 5.26 Å². The van der Waals surface area contributed by atoms with Crippen LogP contribution in [0, 0.1) is 17.1 Å². The third-order valence-corrected chi connectivity index (χ3v) is 4.37. The van der Waals surface area contributed by atoms with Crippen molar-refractivity contribution in [3.8, 4) is 6.07 Å². The van der Waals surface area contributed by atoms with Crippen LogP contribution in [0.1, 0.15) is 16.7 Å². The number of amides is 2. The number of halogens is 1. The molecular weight excluding hydrogens is 327 g/mol. The molecule has 1 saturated heterocycles. The van der Waals surface area contributed by atoms with E-state index in [2.05, 4.69) is 0 Å². The van der Waals surface area contributed by atoms with Crippen LogP contribution in [0.3, 0.4) is 0 Å². The van der Waals surface area contributed by atoms with Crippen LogP contribution >= 0.6 is 11.8 Å². The first-order valence-electron chi connectivity index (χ1n) is 7.07. The topological polar surface area (TPSA) is 61.2 Å². The first-order valence-corrected chi connectivity index (χ1v) is 7.88. The molecule has 0 unspecified atom stereocenters. The van der Waals surface area contributed by atoms with Gasteiger partial charge in [0.05, 0.1) is 23.1 Å². The van der Waals surface area contributed by atoms with E-state index >= 15 is 0 Å². The molecule has 1 aliphatic rings. The molecule has 3 rings (SSSR count). The molecule has 2 amide bonds. The van der Waals surface area contributed by atoms with Gasteiger partial charge in [0.25, 0.3) is 11.1 Å². The van der Waals surface area contributed by atoms with Crippen molar-refractivity contribution in [2.75, 3.05) is 0 Å². The van der Waals surface area contributed by atoms with E-state index in [-0.39, 0.29) is 23.5 Å². The van der Waals surface area contributed by atoms with E-state index in [9.17, 15) is 14.0 Å². The Morgan fingerprint density at radius 2 is 1.75 bits per heavy atom. The highest BCUT2D eigenvalue weighted by molar-refractivity contribution is 8.18. The van der Waals surface area contributed by atoms with Crippen LogP contribution < -0.4 is 0 Å². The molecule has 0 aliphatic carbocycles. The maximum atomic E-state index is 12.9. The molecule has 0 saturated carbocycles. The number of hydrogen-bond acceptors (Lipinski definition) is 4. The lowest BCUT2D eigenvalue weighted by molar-refractivity contribution is -0.123. The summed E-state index contributed by atoms with van der Waals surface area (Å²) in [6.45, 7) is 0.107. The number of rotatable bonds is 3. The summed E-state index contributed by atoms with van der Waals surface area (Å²) in [7, 11) is 0. The third kappa shape index (κ3) is 3.36. The summed E-state index contributed by atoms with van der Waals surface area (Å²) in [5, 5.41) is 8.43. The zero-order chi connectivity index (χ0) is 17.1. The van der Waals surface area contributed by atoms with Crippen molar-refractivity contribution in [2.45, 2.75) is 6.54 Å². The summed E-state index contributed by atoms with van der Waals surface area (Å²) in [6.07, 6.45) is 1.62. The van der Waals surface area contributed by atoms with Gasteiger partial charge in [0, 0.05) is 0 Å². The molecule has 118 valence electrons. The summed E-state index contributed by atoms with van der Waals surface area (Å²) in [5.41, 5.74) is 1.94. The number of hydrogen-bond donors (Lipinski definition) is 0. The fourth-order valence-corrected chi connectivity index (χ4v) is 3.05. The SMILES string of the molecule is N#Cc1ccc(/C=C2/SC(=O)N(Cc3ccc(F)cc3)C2=O)cc1. The standard InChI is InChI=1S/C18H11FN2O2S/c19-15-7-5-14(6-8-15)11-21-17(22)16(24-18(21)23)9-12-1-3-13(10-20)4-2-12/h1-9H,11H2/b16-9+. The molecule has 0 N–H and O–H groups in total. The third-order valence-electron chi connectivity index (χ3n) is 3.47. The lowest BCUT2D eigenvalue weighted by Crippen LogP contribution is -2.27. The molecular formula is C18H11FN2O2S. The van der Waals surface area contributed by atoms with E-state index in [4.69, 9.17) is 5.26 Å². The van der Waals surface area contributed by atoms with Crippen LogP contribution in [0.25, 0.3) is 6.08 Å². The first-order chi connectivity index (χ1) is 11.6. The van der Waals surface area contributed by atoms with Gasteiger partial charge in [-0.3, -0.25) is 14.5 Å². The molecule has 0 spiro atoms. The van der Waals surface area contributed by atoms with Crippen molar-refractivity contribution in [1.82, 2.24) is 4.90 Å². The van der Waals surface area contributed by atoms with Crippen molar-refractivity contribution in [2.24, 2.45) is 0 Å². The number of thioether (sulfide) groups is 1. The maximum Gasteiger partial charge on any atom is 0.293 e. The van der Waals surface area contributed by atoms with Crippen LogP contribution in [0.5, 0.6) is 0 Å². The second kappa shape index (κ2) is 6.69. The molecule has 6 heteroatoms. The van der Waals surface area contributed by atoms with Gasteiger partial charge in [0.15, 0.2) is 0 Å². The molecule has 0 atom stereocenters. The van der Waals surface area contributed by atoms with Gasteiger partial charge in [0.2, 0.25) is 0 Å². The fraction of sp³-hybridized carbons (Fsp3) is 0.0556. The Morgan fingerprint density at radius 3 is 2.38 bits per heavy atom. The Kier molecular flexibility index (Phi) is 4.45. The zero-order valence-electron chi connectivity index (χ0n) is 12.4. The smallest absolute Gasteiger partial charge is 0.268 e. The quantitative estimate of drug-likeness (QED) is 0.796. The van der Waals surface area contributed by atoms with Crippen LogP contribution in [-0.4, -0.2) is 16.0 Å². The normalized spacial score (nSPS) is 15.8. The largest absolute Gasteiger partial charge is 0.293 e. The van der Waals surface area contributed by atoms with Crippen LogP contribution in [0.4, 0.5) is 9.18 Å². The molecule has 0 aromatic heterocycles. The van der Waals surface area contributed by atoms with E-state index < -0.39 is 0 Å². The Balaban J connectivity index is 1.79. The lowest BCUT2D eigenvalue weighted by Gasteiger charge is -2.12. The number of carbonyl (C=O) groups excluding carboxylic acids is 2. The molecule has 4 nitrogen and oxygen atoms in total. The van der Waals surface area contributed by atoms with E-state index in [0.717, 1.165) is 22.2 Å². The molecule has 0 bridgehead atoms. The molecule has 1 aliphatic heterocycles. The van der Waals surface area contributed by atoms with Gasteiger partial charge in [-0.05, 0) is 53.2 Å². The fourth-order valence-electron chi connectivity index (χ4n) is 2.21. The van der Waals surface area contributed by atoms with Gasteiger partial charge in [-0.25, -0.2) is 4.39 Å². The monoisotopic (exact) mass is 338 g/mol. The Bertz CT molecular complexity index is 867. The molecule has 2 aromatic carbocycles. The maximum absolute atomic E-state index is 12.9. The average molecular weight is 338 g/mol. The molecule has 2 aromatic rings. The predicted molar refractivity (Wildman–Crippen MR) is 89.1 cm³/mol. The van der Waals surface area contributed by atoms with Crippen molar-refractivity contribution in [3.63, 3.8) is 0 Å². The Morgan fingerprint density at radius 1 is 1.08 bits per heavy atom. The first kappa shape index (κ1) is 16.0. The zero-order valence-corrected chi connectivity index (χ0v) is 13.2. The minimum absolute atomic E-state index is 0.107. The molecule has 0 radical (unpaired) electrons. The summed E-state index contributed by atoms with van der Waals surface area (Å²) in [6, 6.07) is 14.4. The number of nitriles is 1. The van der Waals surface area contributed by atoms with Gasteiger partial charge in [-0.15, -0.1) is 0 Å². The summed E-state index contributed by atoms with van der Waals surface area (Å²) >= 11 is 0.868. The van der Waals surface area contributed by atoms with E-state index in [1.54, 1.807) is 42.5 Å². The number of nitrogens with zero attached hydrogens (tertiary/aromatic N) is 2. The van der Waals surface area contributed by atoms with Crippen molar-refractivity contribution < 1.29 is 14.0 Å². The van der Waals surface area contributed by atoms with Gasteiger partial charge in [0.1, 0.15) is 5.82 Å². The van der Waals surface area contributed by atoms with Crippen molar-refractivity contribution in [3.05, 3.63) is 75.9 Å². The highest BCUT2D eigenvalue weighted by Gasteiger charge is 2.34. The Hall–Kier alpha value is -2.91. The van der Waals surface area contributed by atoms with E-state index in [1.165, 1.54) is 12.1 Å². The van der Waals surface area contributed by atoms with Crippen LogP contribution in [-0.2, 0) is 11.3 Å². The molecule has 24 heavy (non-hydrogen) atoms. The van der Waals surface area contributed by atoms with Gasteiger partial charge < -0.3 is 0 Å². The van der Waals surface area contributed by atoms with Gasteiger partial charge >= 0.3 is 0 Å². The van der Waals surface area contributed by atoms with E-state index in [1.807, 2.05) is 6.07 Å². The summed E-state index contributed by atoms with van der Waals surface area (Å²) in [5.74, 6) is -0.743. The number of benzene rings is 2. The van der Waals surface area contributed by atoms with E-state index in [0.29, 0.717) is 16.0 Å². The number of imide groups is 1. The molecule has 1 heterocycles. The number of carbonyl (C=O) groups is 2. The lowest BCUT2D eigenvalue weighted by atomic mass is 10.1.